The first-order valence-electron chi connectivity index (χ1n) is 7.37. The van der Waals surface area contributed by atoms with Crippen molar-refractivity contribution in [3.63, 3.8) is 0 Å². The molecule has 108 valence electrons. The van der Waals surface area contributed by atoms with Gasteiger partial charge in [-0.2, -0.15) is 0 Å². The average Bonchev–Trinajstić information content (AvgIpc) is 2.43. The molecule has 1 saturated carbocycles. The maximum atomic E-state index is 12.4. The fourth-order valence-electron chi connectivity index (χ4n) is 3.51. The minimum absolute atomic E-state index is 0.0329. The number of likely N-dealkylation sites (tertiary alicyclic amines) is 1. The zero-order valence-electron chi connectivity index (χ0n) is 11.4. The van der Waals surface area contributed by atoms with Crippen LogP contribution >= 0.6 is 0 Å². The van der Waals surface area contributed by atoms with E-state index in [4.69, 9.17) is 10.8 Å². The van der Waals surface area contributed by atoms with Crippen molar-refractivity contribution in [2.75, 3.05) is 6.54 Å². The van der Waals surface area contributed by atoms with Crippen molar-refractivity contribution in [2.24, 2.45) is 11.7 Å². The highest BCUT2D eigenvalue weighted by atomic mass is 16.4. The van der Waals surface area contributed by atoms with Gasteiger partial charge in [0.25, 0.3) is 0 Å². The molecule has 1 heterocycles. The number of amides is 1. The minimum Gasteiger partial charge on any atom is -0.481 e. The van der Waals surface area contributed by atoms with E-state index >= 15 is 0 Å². The van der Waals surface area contributed by atoms with Crippen LogP contribution in [0.2, 0.25) is 0 Å². The SMILES string of the molecule is NC(CCC(=O)O)C(=O)N1CCC[C@H]2CCCC[C@H]21. The van der Waals surface area contributed by atoms with Gasteiger partial charge in [0, 0.05) is 19.0 Å². The van der Waals surface area contributed by atoms with Crippen LogP contribution in [-0.2, 0) is 9.59 Å². The number of carboxylic acids is 1. The van der Waals surface area contributed by atoms with Crippen molar-refractivity contribution in [3.05, 3.63) is 0 Å². The molecule has 1 saturated heterocycles. The second-order valence-corrected chi connectivity index (χ2v) is 5.82. The lowest BCUT2D eigenvalue weighted by atomic mass is 9.78. The number of carboxylic acid groups (broad SMARTS) is 1. The minimum atomic E-state index is -0.891. The predicted molar refractivity (Wildman–Crippen MR) is 71.5 cm³/mol. The van der Waals surface area contributed by atoms with Gasteiger partial charge in [-0.3, -0.25) is 9.59 Å². The van der Waals surface area contributed by atoms with Crippen molar-refractivity contribution >= 4 is 11.9 Å². The smallest absolute Gasteiger partial charge is 0.303 e. The van der Waals surface area contributed by atoms with Gasteiger partial charge in [0.15, 0.2) is 0 Å². The van der Waals surface area contributed by atoms with Crippen LogP contribution in [0.1, 0.15) is 51.4 Å². The first kappa shape index (κ1) is 14.3. The lowest BCUT2D eigenvalue weighted by molar-refractivity contribution is -0.140. The molecule has 19 heavy (non-hydrogen) atoms. The maximum Gasteiger partial charge on any atom is 0.303 e. The third kappa shape index (κ3) is 3.47. The van der Waals surface area contributed by atoms with Crippen LogP contribution in [0.4, 0.5) is 0 Å². The Morgan fingerprint density at radius 3 is 2.63 bits per heavy atom. The van der Waals surface area contributed by atoms with Crippen LogP contribution in [0.15, 0.2) is 0 Å². The normalized spacial score (nSPS) is 28.6. The van der Waals surface area contributed by atoms with E-state index in [0.717, 1.165) is 19.4 Å². The van der Waals surface area contributed by atoms with Gasteiger partial charge < -0.3 is 15.7 Å². The third-order valence-electron chi connectivity index (χ3n) is 4.51. The number of fused-ring (bicyclic) bond motifs is 1. The molecular formula is C14H24N2O3. The molecule has 1 unspecified atom stereocenters. The number of carbonyl (C=O) groups is 2. The number of hydrogen-bond donors (Lipinski definition) is 2. The van der Waals surface area contributed by atoms with Gasteiger partial charge in [-0.1, -0.05) is 12.8 Å². The Morgan fingerprint density at radius 2 is 1.89 bits per heavy atom. The summed E-state index contributed by atoms with van der Waals surface area (Å²) < 4.78 is 0. The predicted octanol–water partition coefficient (Wildman–Crippen LogP) is 1.36. The van der Waals surface area contributed by atoms with E-state index in [1.54, 1.807) is 0 Å². The number of aliphatic carboxylic acids is 1. The standard InChI is InChI=1S/C14H24N2O3/c15-11(7-8-13(17)18)14(19)16-9-3-5-10-4-1-2-6-12(10)16/h10-12H,1-9,15H2,(H,17,18)/t10-,11?,12-/m1/s1. The van der Waals surface area contributed by atoms with Crippen molar-refractivity contribution in [1.29, 1.82) is 0 Å². The van der Waals surface area contributed by atoms with Gasteiger partial charge in [0.2, 0.25) is 5.91 Å². The molecule has 0 spiro atoms. The molecule has 2 fully saturated rings. The second kappa shape index (κ2) is 6.37. The molecule has 1 aliphatic carbocycles. The summed E-state index contributed by atoms with van der Waals surface area (Å²) in [7, 11) is 0. The van der Waals surface area contributed by atoms with E-state index in [2.05, 4.69) is 0 Å². The first-order chi connectivity index (χ1) is 9.09. The van der Waals surface area contributed by atoms with Gasteiger partial charge in [0.05, 0.1) is 6.04 Å². The number of hydrogen-bond acceptors (Lipinski definition) is 3. The molecule has 1 amide bonds. The number of nitrogens with two attached hydrogens (primary N) is 1. The molecule has 0 aromatic carbocycles. The molecule has 0 bridgehead atoms. The Morgan fingerprint density at radius 1 is 1.21 bits per heavy atom. The van der Waals surface area contributed by atoms with E-state index in [0.29, 0.717) is 12.0 Å². The van der Waals surface area contributed by atoms with Crippen LogP contribution in [0.3, 0.4) is 0 Å². The summed E-state index contributed by atoms with van der Waals surface area (Å²) in [6, 6.07) is -0.303. The molecule has 1 aliphatic heterocycles. The van der Waals surface area contributed by atoms with E-state index in [-0.39, 0.29) is 18.7 Å². The van der Waals surface area contributed by atoms with E-state index in [9.17, 15) is 9.59 Å². The molecule has 5 heteroatoms. The highest BCUT2D eigenvalue weighted by Gasteiger charge is 2.37. The number of rotatable bonds is 4. The van der Waals surface area contributed by atoms with E-state index < -0.39 is 12.0 Å². The van der Waals surface area contributed by atoms with Gasteiger partial charge in [-0.15, -0.1) is 0 Å². The molecule has 5 nitrogen and oxygen atoms in total. The van der Waals surface area contributed by atoms with E-state index in [1.165, 1.54) is 25.7 Å². The van der Waals surface area contributed by atoms with Crippen molar-refractivity contribution in [1.82, 2.24) is 4.90 Å². The first-order valence-corrected chi connectivity index (χ1v) is 7.37. The summed E-state index contributed by atoms with van der Waals surface area (Å²) in [6.07, 6.45) is 7.25. The zero-order valence-corrected chi connectivity index (χ0v) is 11.4. The molecule has 3 N–H and O–H groups in total. The highest BCUT2D eigenvalue weighted by Crippen LogP contribution is 2.35. The number of nitrogens with zero attached hydrogens (tertiary/aromatic N) is 1. The highest BCUT2D eigenvalue weighted by molar-refractivity contribution is 5.82. The summed E-state index contributed by atoms with van der Waals surface area (Å²) in [5.74, 6) is -0.298. The zero-order chi connectivity index (χ0) is 13.8. The van der Waals surface area contributed by atoms with Gasteiger partial charge in [-0.05, 0) is 38.0 Å². The molecule has 2 rings (SSSR count). The Kier molecular flexibility index (Phi) is 4.80. The summed E-state index contributed by atoms with van der Waals surface area (Å²) in [4.78, 5) is 24.9. The summed E-state index contributed by atoms with van der Waals surface area (Å²) >= 11 is 0. The van der Waals surface area contributed by atoms with E-state index in [1.807, 2.05) is 4.90 Å². The van der Waals surface area contributed by atoms with Crippen molar-refractivity contribution in [3.8, 4) is 0 Å². The van der Waals surface area contributed by atoms with Crippen LogP contribution in [0.25, 0.3) is 0 Å². The largest absolute Gasteiger partial charge is 0.481 e. The van der Waals surface area contributed by atoms with Crippen molar-refractivity contribution < 1.29 is 14.7 Å². The van der Waals surface area contributed by atoms with Crippen LogP contribution in [0.5, 0.6) is 0 Å². The molecule has 2 aliphatic rings. The Hall–Kier alpha value is -1.10. The van der Waals surface area contributed by atoms with Gasteiger partial charge >= 0.3 is 5.97 Å². The van der Waals surface area contributed by atoms with Crippen LogP contribution in [-0.4, -0.2) is 40.5 Å². The lowest BCUT2D eigenvalue weighted by Gasteiger charge is -2.45. The summed E-state index contributed by atoms with van der Waals surface area (Å²) in [5, 5.41) is 8.66. The molecule has 0 radical (unpaired) electrons. The maximum absolute atomic E-state index is 12.4. The fourth-order valence-corrected chi connectivity index (χ4v) is 3.51. The molecular weight excluding hydrogens is 244 g/mol. The topological polar surface area (TPSA) is 83.6 Å². The summed E-state index contributed by atoms with van der Waals surface area (Å²) in [6.45, 7) is 0.792. The molecule has 3 atom stereocenters. The molecule has 0 aromatic heterocycles. The fraction of sp³-hybridized carbons (Fsp3) is 0.857. The van der Waals surface area contributed by atoms with Gasteiger partial charge in [-0.25, -0.2) is 0 Å². The average molecular weight is 268 g/mol. The monoisotopic (exact) mass is 268 g/mol. The van der Waals surface area contributed by atoms with Crippen LogP contribution < -0.4 is 5.73 Å². The quantitative estimate of drug-likeness (QED) is 0.806. The molecule has 0 aromatic rings. The Labute approximate surface area is 114 Å². The Balaban J connectivity index is 1.94. The van der Waals surface area contributed by atoms with Crippen molar-refractivity contribution in [2.45, 2.75) is 63.5 Å². The second-order valence-electron chi connectivity index (χ2n) is 5.82. The Bertz CT molecular complexity index is 344. The third-order valence-corrected chi connectivity index (χ3v) is 4.51. The van der Waals surface area contributed by atoms with Crippen LogP contribution in [0, 0.1) is 5.92 Å². The number of carbonyl (C=O) groups excluding carboxylic acids is 1. The summed E-state index contributed by atoms with van der Waals surface area (Å²) in [5.41, 5.74) is 5.86. The number of piperidine rings is 1. The van der Waals surface area contributed by atoms with Gasteiger partial charge in [0.1, 0.15) is 0 Å². The lowest BCUT2D eigenvalue weighted by Crippen LogP contribution is -2.54.